The molecule has 0 spiro atoms. The van der Waals surface area contributed by atoms with E-state index in [9.17, 15) is 4.79 Å². The van der Waals surface area contributed by atoms with E-state index in [2.05, 4.69) is 15.3 Å². The molecule has 0 saturated carbocycles. The normalized spacial score (nSPS) is 11.2. The highest BCUT2D eigenvalue weighted by molar-refractivity contribution is 6.29. The van der Waals surface area contributed by atoms with Gasteiger partial charge in [0.15, 0.2) is 5.82 Å². The molecule has 1 rings (SSSR count). The van der Waals surface area contributed by atoms with Gasteiger partial charge in [0.1, 0.15) is 5.15 Å². The van der Waals surface area contributed by atoms with E-state index in [0.29, 0.717) is 5.82 Å². The second kappa shape index (κ2) is 5.23. The molecule has 0 saturated heterocycles. The summed E-state index contributed by atoms with van der Waals surface area (Å²) < 4.78 is 5.15. The van der Waals surface area contributed by atoms with E-state index < -0.39 is 5.60 Å². The number of nitrogens with one attached hydrogen (secondary N) is 1. The minimum atomic E-state index is -0.496. The van der Waals surface area contributed by atoms with E-state index in [0.717, 1.165) is 0 Å². The molecule has 16 heavy (non-hydrogen) atoms. The van der Waals surface area contributed by atoms with Gasteiger partial charge in [-0.15, -0.1) is 0 Å². The monoisotopic (exact) mass is 243 g/mol. The topological polar surface area (TPSA) is 64.1 Å². The second-order valence-corrected chi connectivity index (χ2v) is 4.30. The van der Waals surface area contributed by atoms with Crippen LogP contribution in [0.5, 0.6) is 0 Å². The van der Waals surface area contributed by atoms with Gasteiger partial charge in [0.2, 0.25) is 5.91 Å². The van der Waals surface area contributed by atoms with Crippen molar-refractivity contribution in [2.75, 3.05) is 12.4 Å². The molecule has 5 nitrogen and oxygen atoms in total. The first-order chi connectivity index (χ1) is 7.43. The van der Waals surface area contributed by atoms with E-state index in [1.54, 1.807) is 7.11 Å². The number of anilines is 1. The summed E-state index contributed by atoms with van der Waals surface area (Å²) in [6.45, 7) is 3.67. The maximum absolute atomic E-state index is 11.6. The first kappa shape index (κ1) is 12.9. The number of hydrogen-bond donors (Lipinski definition) is 1. The average molecular weight is 244 g/mol. The summed E-state index contributed by atoms with van der Waals surface area (Å²) in [4.78, 5) is 19.3. The Kier molecular flexibility index (Phi) is 4.20. The lowest BCUT2D eigenvalue weighted by atomic mass is 10.1. The van der Waals surface area contributed by atoms with E-state index in [1.807, 2.05) is 13.8 Å². The zero-order valence-electron chi connectivity index (χ0n) is 9.45. The van der Waals surface area contributed by atoms with Gasteiger partial charge in [-0.1, -0.05) is 11.6 Å². The molecule has 0 aromatic carbocycles. The van der Waals surface area contributed by atoms with Crippen molar-refractivity contribution in [3.8, 4) is 0 Å². The lowest BCUT2D eigenvalue weighted by molar-refractivity contribution is -0.121. The van der Waals surface area contributed by atoms with Crippen molar-refractivity contribution >= 4 is 23.3 Å². The number of carbonyl (C=O) groups is 1. The highest BCUT2D eigenvalue weighted by Gasteiger charge is 2.21. The van der Waals surface area contributed by atoms with Crippen LogP contribution in [0.3, 0.4) is 0 Å². The molecule has 1 N–H and O–H groups in total. The summed E-state index contributed by atoms with van der Waals surface area (Å²) in [6, 6.07) is 0. The molecule has 0 fully saturated rings. The van der Waals surface area contributed by atoms with Crippen LogP contribution in [0.25, 0.3) is 0 Å². The third kappa shape index (κ3) is 4.12. The number of rotatable bonds is 4. The van der Waals surface area contributed by atoms with Gasteiger partial charge >= 0.3 is 0 Å². The van der Waals surface area contributed by atoms with Gasteiger partial charge in [0.05, 0.1) is 24.4 Å². The number of amides is 1. The molecule has 6 heteroatoms. The molecule has 1 amide bonds. The molecular formula is C10H14ClN3O2. The first-order valence-electron chi connectivity index (χ1n) is 4.75. The minimum absolute atomic E-state index is 0.177. The smallest absolute Gasteiger partial charge is 0.228 e. The Morgan fingerprint density at radius 2 is 2.19 bits per heavy atom. The highest BCUT2D eigenvalue weighted by Crippen LogP contribution is 2.14. The highest BCUT2D eigenvalue weighted by atomic mass is 35.5. The van der Waals surface area contributed by atoms with E-state index in [1.165, 1.54) is 12.4 Å². The third-order valence-corrected chi connectivity index (χ3v) is 2.22. The van der Waals surface area contributed by atoms with Gasteiger partial charge in [-0.25, -0.2) is 9.97 Å². The Bertz CT molecular complexity index is 365. The predicted molar refractivity (Wildman–Crippen MR) is 61.4 cm³/mol. The number of aromatic nitrogens is 2. The molecule has 0 bridgehead atoms. The minimum Gasteiger partial charge on any atom is -0.378 e. The van der Waals surface area contributed by atoms with Crippen LogP contribution in [0.15, 0.2) is 12.4 Å². The van der Waals surface area contributed by atoms with Gasteiger partial charge in [-0.3, -0.25) is 4.79 Å². The molecule has 0 aliphatic heterocycles. The summed E-state index contributed by atoms with van der Waals surface area (Å²) in [7, 11) is 1.56. The fraction of sp³-hybridized carbons (Fsp3) is 0.500. The average Bonchev–Trinajstić information content (AvgIpc) is 2.21. The second-order valence-electron chi connectivity index (χ2n) is 3.91. The van der Waals surface area contributed by atoms with Crippen molar-refractivity contribution in [3.05, 3.63) is 17.5 Å². The number of ether oxygens (including phenoxy) is 1. The number of carbonyl (C=O) groups excluding carboxylic acids is 1. The summed E-state index contributed by atoms with van der Waals surface area (Å²) in [5.41, 5.74) is -0.496. The van der Waals surface area contributed by atoms with Gasteiger partial charge < -0.3 is 10.1 Å². The van der Waals surface area contributed by atoms with Gasteiger partial charge in [-0.05, 0) is 13.8 Å². The van der Waals surface area contributed by atoms with E-state index in [4.69, 9.17) is 16.3 Å². The lowest BCUT2D eigenvalue weighted by Gasteiger charge is -2.21. The van der Waals surface area contributed by atoms with Crippen LogP contribution in [0, 0.1) is 0 Å². The summed E-state index contributed by atoms with van der Waals surface area (Å²) in [5, 5.41) is 2.90. The number of hydrogen-bond acceptors (Lipinski definition) is 4. The first-order valence-corrected chi connectivity index (χ1v) is 5.13. The molecule has 0 unspecified atom stereocenters. The van der Waals surface area contributed by atoms with Crippen molar-refractivity contribution in [1.29, 1.82) is 0 Å². The molecule has 0 aliphatic carbocycles. The van der Waals surface area contributed by atoms with Gasteiger partial charge in [0.25, 0.3) is 0 Å². The summed E-state index contributed by atoms with van der Waals surface area (Å²) in [6.07, 6.45) is 3.02. The number of methoxy groups -OCH3 is 1. The maximum atomic E-state index is 11.6. The molecule has 1 aromatic heterocycles. The Hall–Kier alpha value is -1.20. The molecule has 0 atom stereocenters. The SMILES string of the molecule is COC(C)(C)CC(=O)Nc1cnc(Cl)cn1. The van der Waals surface area contributed by atoms with Crippen molar-refractivity contribution < 1.29 is 9.53 Å². The van der Waals surface area contributed by atoms with Crippen LogP contribution in [0.4, 0.5) is 5.82 Å². The number of nitrogens with zero attached hydrogens (tertiary/aromatic N) is 2. The largest absolute Gasteiger partial charge is 0.378 e. The van der Waals surface area contributed by atoms with Crippen molar-refractivity contribution in [2.24, 2.45) is 0 Å². The molecule has 1 heterocycles. The summed E-state index contributed by atoms with van der Waals surface area (Å²) in [5.74, 6) is 0.199. The van der Waals surface area contributed by atoms with Gasteiger partial charge in [0, 0.05) is 7.11 Å². The van der Waals surface area contributed by atoms with Crippen LogP contribution >= 0.6 is 11.6 Å². The van der Waals surface area contributed by atoms with Crippen molar-refractivity contribution in [2.45, 2.75) is 25.9 Å². The standard InChI is InChI=1S/C10H14ClN3O2/c1-10(2,16-3)4-9(15)14-8-6-12-7(11)5-13-8/h5-6H,4H2,1-3H3,(H,13,14,15). The molecule has 0 aliphatic rings. The zero-order chi connectivity index (χ0) is 12.2. The molecule has 88 valence electrons. The van der Waals surface area contributed by atoms with Crippen LogP contribution in [0.2, 0.25) is 5.15 Å². The fourth-order valence-corrected chi connectivity index (χ4v) is 1.12. The summed E-state index contributed by atoms with van der Waals surface area (Å²) >= 11 is 5.57. The van der Waals surface area contributed by atoms with E-state index >= 15 is 0 Å². The predicted octanol–water partition coefficient (Wildman–Crippen LogP) is 1.88. The van der Waals surface area contributed by atoms with Crippen LogP contribution in [-0.2, 0) is 9.53 Å². The van der Waals surface area contributed by atoms with Crippen molar-refractivity contribution in [1.82, 2.24) is 9.97 Å². The number of halogens is 1. The third-order valence-electron chi connectivity index (χ3n) is 2.03. The lowest BCUT2D eigenvalue weighted by Crippen LogP contribution is -2.29. The van der Waals surface area contributed by atoms with Crippen LogP contribution in [-0.4, -0.2) is 28.6 Å². The molecule has 1 aromatic rings. The van der Waals surface area contributed by atoms with Crippen LogP contribution < -0.4 is 5.32 Å². The Morgan fingerprint density at radius 3 is 2.69 bits per heavy atom. The zero-order valence-corrected chi connectivity index (χ0v) is 10.2. The Morgan fingerprint density at radius 1 is 1.50 bits per heavy atom. The Balaban J connectivity index is 2.55. The van der Waals surface area contributed by atoms with Crippen LogP contribution in [0.1, 0.15) is 20.3 Å². The maximum Gasteiger partial charge on any atom is 0.228 e. The Labute approximate surface area is 99.2 Å². The molecule has 0 radical (unpaired) electrons. The molecular weight excluding hydrogens is 230 g/mol. The quantitative estimate of drug-likeness (QED) is 0.877. The fourth-order valence-electron chi connectivity index (χ4n) is 1.02. The van der Waals surface area contributed by atoms with E-state index in [-0.39, 0.29) is 17.5 Å². The van der Waals surface area contributed by atoms with Crippen molar-refractivity contribution in [3.63, 3.8) is 0 Å². The van der Waals surface area contributed by atoms with Gasteiger partial charge in [-0.2, -0.15) is 0 Å².